The Hall–Kier alpha value is -2.83. The van der Waals surface area contributed by atoms with E-state index in [1.165, 1.54) is 12.3 Å². The Morgan fingerprint density at radius 3 is 2.20 bits per heavy atom. The molecule has 124 valence electrons. The quantitative estimate of drug-likeness (QED) is 0.275. The van der Waals surface area contributed by atoms with E-state index in [1.807, 2.05) is 30.3 Å². The van der Waals surface area contributed by atoms with E-state index in [1.54, 1.807) is 18.2 Å². The smallest absolute Gasteiger partial charge is 0.258 e. The van der Waals surface area contributed by atoms with Crippen LogP contribution in [0.3, 0.4) is 0 Å². The van der Waals surface area contributed by atoms with Gasteiger partial charge in [-0.2, -0.15) is 0 Å². The van der Waals surface area contributed by atoms with Gasteiger partial charge in [0.05, 0.1) is 10.5 Å². The fraction of sp³-hybridized carbons (Fsp3) is 0. The summed E-state index contributed by atoms with van der Waals surface area (Å²) in [6.45, 7) is 0. The number of nitrogens with zero attached hydrogens (tertiary/aromatic N) is 4. The Morgan fingerprint density at radius 1 is 0.960 bits per heavy atom. The molecule has 0 saturated heterocycles. The molecule has 0 saturated carbocycles. The van der Waals surface area contributed by atoms with Crippen LogP contribution in [0.25, 0.3) is 11.4 Å². The average molecular weight is 373 g/mol. The van der Waals surface area contributed by atoms with Gasteiger partial charge in [0, 0.05) is 17.8 Å². The standard InChI is InChI=1S/C17H10Cl2N4O2/c18-15-14(20-10-12-8-4-5-9-13(12)23(24)25)16(19)22-17(21-15)11-6-2-1-3-7-11/h1-10H. The van der Waals surface area contributed by atoms with Crippen LogP contribution in [0.15, 0.2) is 59.6 Å². The summed E-state index contributed by atoms with van der Waals surface area (Å²) in [5.74, 6) is 0.375. The number of hydrogen-bond donors (Lipinski definition) is 0. The second kappa shape index (κ2) is 7.38. The van der Waals surface area contributed by atoms with Gasteiger partial charge >= 0.3 is 0 Å². The van der Waals surface area contributed by atoms with Gasteiger partial charge in [-0.15, -0.1) is 0 Å². The molecule has 0 N–H and O–H groups in total. The van der Waals surface area contributed by atoms with Crippen LogP contribution in [-0.2, 0) is 0 Å². The molecule has 2 aromatic carbocycles. The van der Waals surface area contributed by atoms with E-state index in [9.17, 15) is 10.1 Å². The summed E-state index contributed by atoms with van der Waals surface area (Å²) in [5.41, 5.74) is 1.17. The van der Waals surface area contributed by atoms with Gasteiger partial charge in [-0.05, 0) is 6.07 Å². The van der Waals surface area contributed by atoms with Crippen molar-refractivity contribution in [2.24, 2.45) is 4.99 Å². The number of aliphatic imine (C=N–C) groups is 1. The van der Waals surface area contributed by atoms with Crippen LogP contribution in [0.2, 0.25) is 10.3 Å². The highest BCUT2D eigenvalue weighted by Crippen LogP contribution is 2.32. The predicted molar refractivity (Wildman–Crippen MR) is 97.8 cm³/mol. The highest BCUT2D eigenvalue weighted by molar-refractivity contribution is 6.37. The summed E-state index contributed by atoms with van der Waals surface area (Å²) in [6.07, 6.45) is 1.32. The second-order valence-electron chi connectivity index (χ2n) is 4.92. The van der Waals surface area contributed by atoms with E-state index in [0.29, 0.717) is 11.4 Å². The van der Waals surface area contributed by atoms with Crippen LogP contribution in [0.5, 0.6) is 0 Å². The molecule has 1 aromatic heterocycles. The molecule has 0 aliphatic rings. The summed E-state index contributed by atoms with van der Waals surface area (Å²) < 4.78 is 0. The van der Waals surface area contributed by atoms with E-state index < -0.39 is 4.92 Å². The Bertz CT molecular complexity index is 939. The molecule has 1 heterocycles. The lowest BCUT2D eigenvalue weighted by atomic mass is 10.2. The first kappa shape index (κ1) is 17.0. The van der Waals surface area contributed by atoms with Gasteiger partial charge in [0.15, 0.2) is 16.1 Å². The number of rotatable bonds is 4. The highest BCUT2D eigenvalue weighted by Gasteiger charge is 2.14. The Morgan fingerprint density at radius 2 is 1.56 bits per heavy atom. The van der Waals surface area contributed by atoms with Crippen molar-refractivity contribution >= 4 is 40.8 Å². The summed E-state index contributed by atoms with van der Waals surface area (Å²) in [5, 5.41) is 11.2. The van der Waals surface area contributed by atoms with Crippen LogP contribution in [-0.4, -0.2) is 21.1 Å². The minimum absolute atomic E-state index is 0.0636. The molecular formula is C17H10Cl2N4O2. The lowest BCUT2D eigenvalue weighted by Crippen LogP contribution is -1.94. The average Bonchev–Trinajstić information content (AvgIpc) is 2.62. The lowest BCUT2D eigenvalue weighted by Gasteiger charge is -2.05. The number of benzene rings is 2. The fourth-order valence-corrected chi connectivity index (χ4v) is 2.61. The van der Waals surface area contributed by atoms with Crippen molar-refractivity contribution in [3.63, 3.8) is 0 Å². The molecule has 0 aliphatic carbocycles. The molecule has 0 bridgehead atoms. The summed E-state index contributed by atoms with van der Waals surface area (Å²) in [4.78, 5) is 23.1. The van der Waals surface area contributed by atoms with Crippen LogP contribution in [0.4, 0.5) is 11.4 Å². The number of nitro groups is 1. The maximum atomic E-state index is 11.0. The number of nitro benzene ring substituents is 1. The zero-order valence-electron chi connectivity index (χ0n) is 12.6. The van der Waals surface area contributed by atoms with Crippen LogP contribution in [0, 0.1) is 10.1 Å². The van der Waals surface area contributed by atoms with E-state index in [0.717, 1.165) is 5.56 Å². The molecule has 25 heavy (non-hydrogen) atoms. The van der Waals surface area contributed by atoms with Gasteiger partial charge in [-0.1, -0.05) is 65.7 Å². The summed E-state index contributed by atoms with van der Waals surface area (Å²) in [6, 6.07) is 15.4. The topological polar surface area (TPSA) is 81.3 Å². The van der Waals surface area contributed by atoms with Crippen LogP contribution >= 0.6 is 23.2 Å². The lowest BCUT2D eigenvalue weighted by molar-refractivity contribution is -0.385. The fourth-order valence-electron chi connectivity index (χ4n) is 2.12. The molecule has 0 amide bonds. The Kier molecular flexibility index (Phi) is 5.02. The zero-order chi connectivity index (χ0) is 17.8. The highest BCUT2D eigenvalue weighted by atomic mass is 35.5. The molecule has 0 atom stereocenters. The molecule has 0 spiro atoms. The molecule has 0 unspecified atom stereocenters. The largest absolute Gasteiger partial charge is 0.278 e. The first-order valence-corrected chi connectivity index (χ1v) is 7.88. The SMILES string of the molecule is O=[N+]([O-])c1ccccc1C=Nc1c(Cl)nc(-c2ccccc2)nc1Cl. The first-order valence-electron chi connectivity index (χ1n) is 7.12. The number of para-hydroxylation sites is 1. The van der Waals surface area contributed by atoms with E-state index >= 15 is 0 Å². The number of halogens is 2. The van der Waals surface area contributed by atoms with Crippen molar-refractivity contribution < 1.29 is 4.92 Å². The van der Waals surface area contributed by atoms with Crippen molar-refractivity contribution in [1.29, 1.82) is 0 Å². The normalized spacial score (nSPS) is 11.0. The molecule has 8 heteroatoms. The Balaban J connectivity index is 1.98. The van der Waals surface area contributed by atoms with E-state index in [-0.39, 0.29) is 21.7 Å². The third-order valence-electron chi connectivity index (χ3n) is 3.30. The molecule has 0 radical (unpaired) electrons. The van der Waals surface area contributed by atoms with Crippen molar-refractivity contribution in [2.75, 3.05) is 0 Å². The van der Waals surface area contributed by atoms with Gasteiger partial charge in [0.25, 0.3) is 5.69 Å². The number of hydrogen-bond acceptors (Lipinski definition) is 5. The molecule has 0 aliphatic heterocycles. The van der Waals surface area contributed by atoms with Gasteiger partial charge in [0.1, 0.15) is 5.69 Å². The molecule has 3 rings (SSSR count). The summed E-state index contributed by atoms with van der Waals surface area (Å²) >= 11 is 12.3. The molecule has 6 nitrogen and oxygen atoms in total. The van der Waals surface area contributed by atoms with Gasteiger partial charge in [0.2, 0.25) is 0 Å². The monoisotopic (exact) mass is 372 g/mol. The van der Waals surface area contributed by atoms with Crippen molar-refractivity contribution in [3.05, 3.63) is 80.6 Å². The number of aromatic nitrogens is 2. The molecular weight excluding hydrogens is 363 g/mol. The van der Waals surface area contributed by atoms with Crippen LogP contribution in [0.1, 0.15) is 5.56 Å². The van der Waals surface area contributed by atoms with Crippen molar-refractivity contribution in [3.8, 4) is 11.4 Å². The minimum atomic E-state index is -0.487. The van der Waals surface area contributed by atoms with Crippen molar-refractivity contribution in [2.45, 2.75) is 0 Å². The van der Waals surface area contributed by atoms with E-state index in [2.05, 4.69) is 15.0 Å². The predicted octanol–water partition coefficient (Wildman–Crippen LogP) is 5.11. The van der Waals surface area contributed by atoms with Gasteiger partial charge < -0.3 is 0 Å². The maximum absolute atomic E-state index is 11.0. The minimum Gasteiger partial charge on any atom is -0.258 e. The molecule has 3 aromatic rings. The second-order valence-corrected chi connectivity index (χ2v) is 5.63. The van der Waals surface area contributed by atoms with Gasteiger partial charge in [-0.3, -0.25) is 10.1 Å². The Labute approximate surface area is 153 Å². The van der Waals surface area contributed by atoms with Gasteiger partial charge in [-0.25, -0.2) is 15.0 Å². The maximum Gasteiger partial charge on any atom is 0.278 e. The van der Waals surface area contributed by atoms with Crippen LogP contribution < -0.4 is 0 Å². The molecule has 0 fully saturated rings. The third-order valence-corrected chi connectivity index (χ3v) is 3.82. The third kappa shape index (κ3) is 3.81. The zero-order valence-corrected chi connectivity index (χ0v) is 14.1. The summed E-state index contributed by atoms with van der Waals surface area (Å²) in [7, 11) is 0. The van der Waals surface area contributed by atoms with Crippen molar-refractivity contribution in [1.82, 2.24) is 9.97 Å². The van der Waals surface area contributed by atoms with E-state index in [4.69, 9.17) is 23.2 Å². The first-order chi connectivity index (χ1) is 12.1.